The normalized spacial score (nSPS) is 21.6. The maximum Gasteiger partial charge on any atom is 0.243 e. The van der Waals surface area contributed by atoms with Crippen LogP contribution in [0.2, 0.25) is 0 Å². The number of nitrogens with one attached hydrogen (secondary N) is 3. The molecule has 0 aromatic heterocycles. The summed E-state index contributed by atoms with van der Waals surface area (Å²) in [6, 6.07) is 6.85. The molecule has 0 radical (unpaired) electrons. The number of amides is 1. The number of guanidine groups is 1. The fraction of sp³-hybridized carbons (Fsp3) is 0.529. The number of nitrogens with zero attached hydrogens (tertiary/aromatic N) is 2. The molecule has 0 spiro atoms. The van der Waals surface area contributed by atoms with E-state index in [2.05, 4.69) is 25.8 Å². The fourth-order valence-corrected chi connectivity index (χ4v) is 2.97. The molecule has 3 N–H and O–H groups in total. The molecule has 1 aliphatic carbocycles. The van der Waals surface area contributed by atoms with Gasteiger partial charge in [-0.3, -0.25) is 14.7 Å². The number of likely N-dealkylation sites (tertiary alicyclic amines) is 1. The van der Waals surface area contributed by atoms with E-state index in [4.69, 9.17) is 0 Å². The third-order valence-corrected chi connectivity index (χ3v) is 4.39. The van der Waals surface area contributed by atoms with Crippen LogP contribution in [0, 0.1) is 5.82 Å². The number of benzene rings is 1. The lowest BCUT2D eigenvalue weighted by Crippen LogP contribution is -2.46. The van der Waals surface area contributed by atoms with Crippen LogP contribution < -0.4 is 16.0 Å². The maximum atomic E-state index is 12.8. The van der Waals surface area contributed by atoms with Gasteiger partial charge in [-0.2, -0.15) is 0 Å². The number of hydrogen-bond acceptors (Lipinski definition) is 3. The highest BCUT2D eigenvalue weighted by atomic mass is 19.1. The molecular weight excluding hydrogens is 309 g/mol. The Bertz CT molecular complexity index is 600. The second kappa shape index (κ2) is 7.61. The predicted octanol–water partition coefficient (Wildman–Crippen LogP) is 1.17. The first-order valence-corrected chi connectivity index (χ1v) is 8.40. The zero-order valence-corrected chi connectivity index (χ0v) is 13.9. The Labute approximate surface area is 141 Å². The minimum Gasteiger partial charge on any atom is -0.352 e. The molecule has 24 heavy (non-hydrogen) atoms. The highest BCUT2D eigenvalue weighted by Crippen LogP contribution is 2.29. The molecule has 2 fully saturated rings. The Morgan fingerprint density at radius 2 is 2.04 bits per heavy atom. The van der Waals surface area contributed by atoms with E-state index in [1.54, 1.807) is 7.05 Å². The summed E-state index contributed by atoms with van der Waals surface area (Å²) in [5.74, 6) is 0.107. The van der Waals surface area contributed by atoms with E-state index in [0.29, 0.717) is 17.7 Å². The van der Waals surface area contributed by atoms with Crippen molar-refractivity contribution in [3.05, 3.63) is 30.1 Å². The first kappa shape index (κ1) is 16.7. The smallest absolute Gasteiger partial charge is 0.243 e. The van der Waals surface area contributed by atoms with Gasteiger partial charge in [0.2, 0.25) is 5.91 Å². The molecule has 1 aliphatic heterocycles. The third-order valence-electron chi connectivity index (χ3n) is 4.39. The Kier molecular flexibility index (Phi) is 5.30. The number of carbonyl (C=O) groups excluding carboxylic acids is 1. The molecule has 0 bridgehead atoms. The number of halogens is 1. The minimum absolute atomic E-state index is 0.107. The quantitative estimate of drug-likeness (QED) is 0.559. The van der Waals surface area contributed by atoms with Gasteiger partial charge in [0.1, 0.15) is 5.82 Å². The number of hydrogen-bond donors (Lipinski definition) is 3. The summed E-state index contributed by atoms with van der Waals surface area (Å²) in [5.41, 5.74) is 0.571. The molecule has 1 heterocycles. The number of anilines is 1. The first-order valence-electron chi connectivity index (χ1n) is 8.40. The maximum absolute atomic E-state index is 12.8. The summed E-state index contributed by atoms with van der Waals surface area (Å²) >= 11 is 0. The standard InChI is InChI=1S/C17H24FN5O/c1-19-17(22-14-8-9-23(11-14)15-6-7-15)20-10-16(24)21-13-4-2-12(18)3-5-13/h2-5,14-15H,6-11H2,1H3,(H,21,24)(H2,19,20,22). The lowest BCUT2D eigenvalue weighted by atomic mass is 10.3. The molecule has 6 nitrogen and oxygen atoms in total. The second-order valence-corrected chi connectivity index (χ2v) is 6.34. The van der Waals surface area contributed by atoms with Gasteiger partial charge in [-0.25, -0.2) is 4.39 Å². The van der Waals surface area contributed by atoms with Gasteiger partial charge in [-0.1, -0.05) is 0 Å². The first-order chi connectivity index (χ1) is 11.6. The van der Waals surface area contributed by atoms with E-state index in [1.807, 2.05) is 0 Å². The Morgan fingerprint density at radius 1 is 1.29 bits per heavy atom. The topological polar surface area (TPSA) is 68.8 Å². The van der Waals surface area contributed by atoms with Gasteiger partial charge in [0.15, 0.2) is 5.96 Å². The van der Waals surface area contributed by atoms with Gasteiger partial charge in [0.25, 0.3) is 0 Å². The predicted molar refractivity (Wildman–Crippen MR) is 92.5 cm³/mol. The van der Waals surface area contributed by atoms with E-state index < -0.39 is 0 Å². The average Bonchev–Trinajstić information content (AvgIpc) is 3.33. The van der Waals surface area contributed by atoms with Crippen LogP contribution in [0.5, 0.6) is 0 Å². The molecule has 1 aromatic carbocycles. The number of rotatable bonds is 5. The van der Waals surface area contributed by atoms with Crippen LogP contribution in [-0.2, 0) is 4.79 Å². The van der Waals surface area contributed by atoms with Crippen LogP contribution in [0.15, 0.2) is 29.3 Å². The van der Waals surface area contributed by atoms with Gasteiger partial charge >= 0.3 is 0 Å². The molecule has 1 amide bonds. The van der Waals surface area contributed by atoms with E-state index in [1.165, 1.54) is 37.1 Å². The van der Waals surface area contributed by atoms with Crippen molar-refractivity contribution in [1.29, 1.82) is 0 Å². The van der Waals surface area contributed by atoms with Crippen molar-refractivity contribution < 1.29 is 9.18 Å². The molecule has 2 aliphatic rings. The van der Waals surface area contributed by atoms with Gasteiger partial charge in [-0.15, -0.1) is 0 Å². The van der Waals surface area contributed by atoms with Gasteiger partial charge in [-0.05, 0) is 43.5 Å². The van der Waals surface area contributed by atoms with Gasteiger partial charge < -0.3 is 16.0 Å². The SMILES string of the molecule is CN=C(NCC(=O)Nc1ccc(F)cc1)NC1CCN(C2CC2)C1. The van der Waals surface area contributed by atoms with Crippen molar-refractivity contribution in [1.82, 2.24) is 15.5 Å². The van der Waals surface area contributed by atoms with Crippen molar-refractivity contribution in [2.75, 3.05) is 32.0 Å². The van der Waals surface area contributed by atoms with Crippen molar-refractivity contribution >= 4 is 17.6 Å². The summed E-state index contributed by atoms with van der Waals surface area (Å²) in [5, 5.41) is 9.11. The van der Waals surface area contributed by atoms with Crippen molar-refractivity contribution in [3.63, 3.8) is 0 Å². The molecule has 130 valence electrons. The zero-order valence-electron chi connectivity index (χ0n) is 13.9. The van der Waals surface area contributed by atoms with Crippen molar-refractivity contribution in [2.45, 2.75) is 31.3 Å². The third kappa shape index (κ3) is 4.67. The monoisotopic (exact) mass is 333 g/mol. The summed E-state index contributed by atoms with van der Waals surface area (Å²) < 4.78 is 12.8. The molecule has 1 atom stereocenters. The molecule has 1 unspecified atom stereocenters. The zero-order chi connectivity index (χ0) is 16.9. The van der Waals surface area contributed by atoms with E-state index in [9.17, 15) is 9.18 Å². The minimum atomic E-state index is -0.326. The Morgan fingerprint density at radius 3 is 2.71 bits per heavy atom. The second-order valence-electron chi connectivity index (χ2n) is 6.34. The summed E-state index contributed by atoms with van der Waals surface area (Å²) in [4.78, 5) is 18.6. The van der Waals surface area contributed by atoms with Crippen LogP contribution in [0.25, 0.3) is 0 Å². The molecule has 3 rings (SSSR count). The summed E-state index contributed by atoms with van der Waals surface area (Å²) in [6.45, 7) is 2.27. The van der Waals surface area contributed by atoms with Crippen LogP contribution in [0.1, 0.15) is 19.3 Å². The molecule has 1 saturated heterocycles. The van der Waals surface area contributed by atoms with Gasteiger partial charge in [0, 0.05) is 37.9 Å². The summed E-state index contributed by atoms with van der Waals surface area (Å²) in [6.07, 6.45) is 3.74. The van der Waals surface area contributed by atoms with E-state index >= 15 is 0 Å². The van der Waals surface area contributed by atoms with Crippen LogP contribution in [0.3, 0.4) is 0 Å². The van der Waals surface area contributed by atoms with Crippen LogP contribution in [-0.4, -0.2) is 55.5 Å². The lowest BCUT2D eigenvalue weighted by Gasteiger charge is -2.18. The fourth-order valence-electron chi connectivity index (χ4n) is 2.97. The number of carbonyl (C=O) groups is 1. The summed E-state index contributed by atoms with van der Waals surface area (Å²) in [7, 11) is 1.70. The Balaban J connectivity index is 1.40. The van der Waals surface area contributed by atoms with Crippen molar-refractivity contribution in [2.24, 2.45) is 4.99 Å². The molecular formula is C17H24FN5O. The Hall–Kier alpha value is -2.15. The van der Waals surface area contributed by atoms with E-state index in [-0.39, 0.29) is 18.3 Å². The van der Waals surface area contributed by atoms with Crippen LogP contribution >= 0.6 is 0 Å². The largest absolute Gasteiger partial charge is 0.352 e. The van der Waals surface area contributed by atoms with E-state index in [0.717, 1.165) is 25.6 Å². The van der Waals surface area contributed by atoms with Crippen LogP contribution in [0.4, 0.5) is 10.1 Å². The molecule has 7 heteroatoms. The van der Waals surface area contributed by atoms with Crippen molar-refractivity contribution in [3.8, 4) is 0 Å². The molecule has 1 aromatic rings. The molecule has 1 saturated carbocycles. The number of aliphatic imine (C=N–C) groups is 1. The lowest BCUT2D eigenvalue weighted by molar-refractivity contribution is -0.115. The average molecular weight is 333 g/mol. The highest BCUT2D eigenvalue weighted by Gasteiger charge is 2.34. The highest BCUT2D eigenvalue weighted by molar-refractivity contribution is 5.95. The van der Waals surface area contributed by atoms with Gasteiger partial charge in [0.05, 0.1) is 6.54 Å².